The second kappa shape index (κ2) is 6.52. The second-order valence-corrected chi connectivity index (χ2v) is 7.21. The quantitative estimate of drug-likeness (QED) is 0.565. The highest BCUT2D eigenvalue weighted by molar-refractivity contribution is 7.16. The summed E-state index contributed by atoms with van der Waals surface area (Å²) in [5.74, 6) is -0.0454. The van der Waals surface area contributed by atoms with Gasteiger partial charge in [-0.3, -0.25) is 4.99 Å². The molecule has 0 atom stereocenters. The molecule has 1 aliphatic rings. The average Bonchev–Trinajstić information content (AvgIpc) is 3.16. The number of nitrogens with zero attached hydrogens (tertiary/aromatic N) is 2. The van der Waals surface area contributed by atoms with Gasteiger partial charge in [0.2, 0.25) is 5.88 Å². The Labute approximate surface area is 158 Å². The Morgan fingerprint density at radius 2 is 1.96 bits per heavy atom. The molecule has 0 saturated carbocycles. The molecule has 4 nitrogen and oxygen atoms in total. The number of allylic oxidation sites excluding steroid dienone is 1. The molecular formula is C18H11Cl2N3OS. The number of hydrogen-bond donors (Lipinski definition) is 2. The lowest BCUT2D eigenvalue weighted by molar-refractivity contribution is 0.457. The highest BCUT2D eigenvalue weighted by Crippen LogP contribution is 2.38. The SMILES string of the molecule is Oc1nc(Nc2cc(Cl)ccc2Cl)sc1C=C1C=Nc2ccccc21. The predicted octanol–water partition coefficient (Wildman–Crippen LogP) is 6.16. The largest absolute Gasteiger partial charge is 0.492 e. The molecule has 0 spiro atoms. The van der Waals surface area contributed by atoms with E-state index in [9.17, 15) is 5.11 Å². The highest BCUT2D eigenvalue weighted by Gasteiger charge is 2.15. The molecule has 0 radical (unpaired) electrons. The zero-order valence-electron chi connectivity index (χ0n) is 12.7. The van der Waals surface area contributed by atoms with E-state index in [1.54, 1.807) is 24.4 Å². The van der Waals surface area contributed by atoms with Gasteiger partial charge in [-0.05, 0) is 30.3 Å². The van der Waals surface area contributed by atoms with Crippen molar-refractivity contribution in [3.63, 3.8) is 0 Å². The molecule has 7 heteroatoms. The number of anilines is 2. The number of rotatable bonds is 3. The van der Waals surface area contributed by atoms with Crippen LogP contribution in [0.4, 0.5) is 16.5 Å². The number of para-hydroxylation sites is 1. The van der Waals surface area contributed by atoms with E-state index in [0.29, 0.717) is 25.7 Å². The van der Waals surface area contributed by atoms with Crippen LogP contribution in [0.5, 0.6) is 5.88 Å². The summed E-state index contributed by atoms with van der Waals surface area (Å²) in [5, 5.41) is 14.9. The second-order valence-electron chi connectivity index (χ2n) is 5.33. The standard InChI is InChI=1S/C18H11Cl2N3OS/c19-11-5-6-13(20)15(8-11)22-18-23-17(24)16(25-18)7-10-9-21-14-4-2-1-3-12(10)14/h1-9,24H,(H,22,23). The van der Waals surface area contributed by atoms with Crippen molar-refractivity contribution < 1.29 is 5.11 Å². The molecule has 2 aromatic carbocycles. The molecule has 2 heterocycles. The monoisotopic (exact) mass is 387 g/mol. The van der Waals surface area contributed by atoms with Gasteiger partial charge >= 0.3 is 0 Å². The van der Waals surface area contributed by atoms with Crippen LogP contribution in [0, 0.1) is 0 Å². The van der Waals surface area contributed by atoms with Gasteiger partial charge < -0.3 is 10.4 Å². The van der Waals surface area contributed by atoms with Gasteiger partial charge in [0.05, 0.1) is 21.3 Å². The van der Waals surface area contributed by atoms with Crippen molar-refractivity contribution >= 4 is 68.9 Å². The normalized spacial score (nSPS) is 14.1. The molecule has 2 N–H and O–H groups in total. The van der Waals surface area contributed by atoms with Crippen molar-refractivity contribution in [1.82, 2.24) is 4.98 Å². The first-order valence-corrected chi connectivity index (χ1v) is 8.94. The molecule has 0 fully saturated rings. The first-order chi connectivity index (χ1) is 12.1. The fourth-order valence-corrected chi connectivity index (χ4v) is 3.64. The summed E-state index contributed by atoms with van der Waals surface area (Å²) < 4.78 is 0. The third kappa shape index (κ3) is 3.26. The van der Waals surface area contributed by atoms with Crippen molar-refractivity contribution in [1.29, 1.82) is 0 Å². The summed E-state index contributed by atoms with van der Waals surface area (Å²) in [6.07, 6.45) is 3.65. The molecule has 4 rings (SSSR count). The molecule has 0 saturated heterocycles. The van der Waals surface area contributed by atoms with Gasteiger partial charge in [-0.25, -0.2) is 0 Å². The Hall–Kier alpha value is -2.34. The molecule has 3 aromatic rings. The first-order valence-electron chi connectivity index (χ1n) is 7.37. The zero-order chi connectivity index (χ0) is 17.4. The lowest BCUT2D eigenvalue weighted by Crippen LogP contribution is -1.89. The van der Waals surface area contributed by atoms with E-state index >= 15 is 0 Å². The average molecular weight is 388 g/mol. The number of aliphatic imine (C=N–C) groups is 1. The minimum absolute atomic E-state index is 0.0454. The van der Waals surface area contributed by atoms with Crippen molar-refractivity contribution in [3.05, 3.63) is 63.0 Å². The molecule has 0 aliphatic carbocycles. The molecule has 25 heavy (non-hydrogen) atoms. The summed E-state index contributed by atoms with van der Waals surface area (Å²) in [5.41, 5.74) is 3.52. The smallest absolute Gasteiger partial charge is 0.231 e. The number of halogens is 2. The first kappa shape index (κ1) is 16.1. The van der Waals surface area contributed by atoms with Gasteiger partial charge in [0.15, 0.2) is 5.13 Å². The van der Waals surface area contributed by atoms with Crippen LogP contribution in [0.2, 0.25) is 10.0 Å². The minimum atomic E-state index is -0.0454. The Morgan fingerprint density at radius 3 is 2.84 bits per heavy atom. The summed E-state index contributed by atoms with van der Waals surface area (Å²) in [6.45, 7) is 0. The zero-order valence-corrected chi connectivity index (χ0v) is 15.0. The fourth-order valence-electron chi connectivity index (χ4n) is 2.48. The molecule has 124 valence electrons. The number of nitrogens with one attached hydrogen (secondary N) is 1. The number of benzene rings is 2. The minimum Gasteiger partial charge on any atom is -0.492 e. The van der Waals surface area contributed by atoms with Gasteiger partial charge in [-0.1, -0.05) is 52.7 Å². The Bertz CT molecular complexity index is 1030. The number of fused-ring (bicyclic) bond motifs is 1. The Balaban J connectivity index is 1.65. The topological polar surface area (TPSA) is 57.5 Å². The number of aromatic hydroxyl groups is 1. The van der Waals surface area contributed by atoms with Gasteiger partial charge in [0.25, 0.3) is 0 Å². The number of aromatic nitrogens is 1. The van der Waals surface area contributed by atoms with Gasteiger partial charge in [-0.2, -0.15) is 4.98 Å². The van der Waals surface area contributed by atoms with Crippen LogP contribution in [0.15, 0.2) is 47.5 Å². The van der Waals surface area contributed by atoms with E-state index in [1.165, 1.54) is 11.3 Å². The van der Waals surface area contributed by atoms with Crippen LogP contribution in [-0.2, 0) is 0 Å². The molecule has 0 amide bonds. The van der Waals surface area contributed by atoms with E-state index < -0.39 is 0 Å². The third-order valence-corrected chi connectivity index (χ3v) is 5.12. The van der Waals surface area contributed by atoms with Crippen molar-refractivity contribution in [3.8, 4) is 5.88 Å². The summed E-state index contributed by atoms with van der Waals surface area (Å²) in [6, 6.07) is 13.0. The molecular weight excluding hydrogens is 377 g/mol. The summed E-state index contributed by atoms with van der Waals surface area (Å²) in [4.78, 5) is 9.15. The molecule has 0 unspecified atom stereocenters. The van der Waals surface area contributed by atoms with Crippen LogP contribution in [-0.4, -0.2) is 16.3 Å². The number of thiazole rings is 1. The number of hydrogen-bond acceptors (Lipinski definition) is 5. The lowest BCUT2D eigenvalue weighted by atomic mass is 10.1. The highest BCUT2D eigenvalue weighted by atomic mass is 35.5. The van der Waals surface area contributed by atoms with E-state index in [0.717, 1.165) is 16.8 Å². The van der Waals surface area contributed by atoms with Gasteiger partial charge in [0, 0.05) is 22.4 Å². The van der Waals surface area contributed by atoms with Crippen molar-refractivity contribution in [2.24, 2.45) is 4.99 Å². The lowest BCUT2D eigenvalue weighted by Gasteiger charge is -2.04. The molecule has 1 aliphatic heterocycles. The predicted molar refractivity (Wildman–Crippen MR) is 106 cm³/mol. The van der Waals surface area contributed by atoms with Crippen molar-refractivity contribution in [2.75, 3.05) is 5.32 Å². The Morgan fingerprint density at radius 1 is 1.12 bits per heavy atom. The summed E-state index contributed by atoms with van der Waals surface area (Å²) in [7, 11) is 0. The van der Waals surface area contributed by atoms with Gasteiger partial charge in [-0.15, -0.1) is 0 Å². The van der Waals surface area contributed by atoms with E-state index in [1.807, 2.05) is 30.3 Å². The molecule has 1 aromatic heterocycles. The fraction of sp³-hybridized carbons (Fsp3) is 0. The van der Waals surface area contributed by atoms with Crippen LogP contribution in [0.3, 0.4) is 0 Å². The van der Waals surface area contributed by atoms with Crippen molar-refractivity contribution in [2.45, 2.75) is 0 Å². The van der Waals surface area contributed by atoms with Crippen LogP contribution >= 0.6 is 34.5 Å². The maximum absolute atomic E-state index is 10.2. The van der Waals surface area contributed by atoms with E-state index in [4.69, 9.17) is 23.2 Å². The van der Waals surface area contributed by atoms with Crippen LogP contribution < -0.4 is 5.32 Å². The van der Waals surface area contributed by atoms with Crippen LogP contribution in [0.1, 0.15) is 10.4 Å². The maximum atomic E-state index is 10.2. The Kier molecular flexibility index (Phi) is 4.21. The van der Waals surface area contributed by atoms with Gasteiger partial charge in [0.1, 0.15) is 0 Å². The summed E-state index contributed by atoms with van der Waals surface area (Å²) >= 11 is 13.5. The third-order valence-electron chi connectivity index (χ3n) is 3.65. The van der Waals surface area contributed by atoms with E-state index in [-0.39, 0.29) is 5.88 Å². The maximum Gasteiger partial charge on any atom is 0.231 e. The van der Waals surface area contributed by atoms with E-state index in [2.05, 4.69) is 15.3 Å². The molecule has 0 bridgehead atoms. The van der Waals surface area contributed by atoms with Crippen LogP contribution in [0.25, 0.3) is 11.6 Å².